The Labute approximate surface area is 174 Å². The highest BCUT2D eigenvalue weighted by Crippen LogP contribution is 2.50. The van der Waals surface area contributed by atoms with Crippen molar-refractivity contribution >= 4 is 11.6 Å². The summed E-state index contributed by atoms with van der Waals surface area (Å²) in [5.74, 6) is -0.471. The highest BCUT2D eigenvalue weighted by Gasteiger charge is 2.50. The molecule has 0 spiro atoms. The molecule has 1 heterocycles. The minimum Gasteiger partial charge on any atom is -0.415 e. The van der Waals surface area contributed by atoms with Gasteiger partial charge in [-0.05, 0) is 48.9 Å². The number of aryl methyl sites for hydroxylation is 1. The summed E-state index contributed by atoms with van der Waals surface area (Å²) in [6.45, 7) is 2.69. The summed E-state index contributed by atoms with van der Waals surface area (Å²) in [4.78, 5) is 17.5. The number of allylic oxidation sites excluding steroid dienone is 2. The first-order valence-corrected chi connectivity index (χ1v) is 9.67. The van der Waals surface area contributed by atoms with Crippen molar-refractivity contribution in [3.8, 4) is 11.9 Å². The van der Waals surface area contributed by atoms with E-state index >= 15 is 0 Å². The van der Waals surface area contributed by atoms with Gasteiger partial charge in [0.2, 0.25) is 11.8 Å². The summed E-state index contributed by atoms with van der Waals surface area (Å²) >= 11 is 0. The summed E-state index contributed by atoms with van der Waals surface area (Å²) in [7, 11) is 0. The standard InChI is InChI=1S/C23H23F2N3O2/c1-14(2)17-6-4-5-7-18(17)23(12-16(13-23)10-11-26)21(29)28-19-9-8-15(3)27-20(19)30-22(24)25/h4-10,14,22H,12-13H2,1-3H3,(H,28,29). The number of pyridine rings is 1. The molecule has 1 aliphatic carbocycles. The SMILES string of the molecule is Cc1ccc(NC(=O)C2(c3ccccc3C(C)C)CC(=CC#N)C2)c(OC(F)F)n1. The number of carbonyl (C=O) groups is 1. The minimum atomic E-state index is -3.06. The molecule has 1 N–H and O–H groups in total. The van der Waals surface area contributed by atoms with Gasteiger partial charge in [0.1, 0.15) is 5.69 Å². The molecule has 0 unspecified atom stereocenters. The van der Waals surface area contributed by atoms with Crippen molar-refractivity contribution in [3.05, 3.63) is 64.9 Å². The normalized spacial score (nSPS) is 18.0. The van der Waals surface area contributed by atoms with Crippen LogP contribution in [-0.4, -0.2) is 17.5 Å². The van der Waals surface area contributed by atoms with Gasteiger partial charge in [-0.3, -0.25) is 4.79 Å². The lowest BCUT2D eigenvalue weighted by Gasteiger charge is -2.44. The molecule has 1 fully saturated rings. The number of nitriles is 1. The van der Waals surface area contributed by atoms with E-state index < -0.39 is 12.0 Å². The summed E-state index contributed by atoms with van der Waals surface area (Å²) in [5, 5.41) is 11.7. The van der Waals surface area contributed by atoms with Gasteiger partial charge in [0, 0.05) is 11.8 Å². The molecule has 30 heavy (non-hydrogen) atoms. The fourth-order valence-electron chi connectivity index (χ4n) is 3.87. The number of hydrogen-bond acceptors (Lipinski definition) is 4. The zero-order chi connectivity index (χ0) is 21.9. The maximum absolute atomic E-state index is 13.5. The van der Waals surface area contributed by atoms with Crippen LogP contribution >= 0.6 is 0 Å². The average Bonchev–Trinajstić information content (AvgIpc) is 2.66. The maximum Gasteiger partial charge on any atom is 0.388 e. The summed E-state index contributed by atoms with van der Waals surface area (Å²) in [5.41, 5.74) is 2.48. The van der Waals surface area contributed by atoms with Crippen molar-refractivity contribution in [2.45, 2.75) is 51.6 Å². The second-order valence-electron chi connectivity index (χ2n) is 7.75. The number of nitrogens with zero attached hydrogens (tertiary/aromatic N) is 2. The van der Waals surface area contributed by atoms with Crippen molar-refractivity contribution in [2.75, 3.05) is 5.32 Å². The fraction of sp³-hybridized carbons (Fsp3) is 0.348. The molecule has 5 nitrogen and oxygen atoms in total. The van der Waals surface area contributed by atoms with E-state index in [1.54, 1.807) is 13.0 Å². The van der Waals surface area contributed by atoms with E-state index in [-0.39, 0.29) is 23.4 Å². The Morgan fingerprint density at radius 1 is 1.27 bits per heavy atom. The quantitative estimate of drug-likeness (QED) is 0.660. The number of alkyl halides is 2. The lowest BCUT2D eigenvalue weighted by atomic mass is 9.59. The zero-order valence-electron chi connectivity index (χ0n) is 17.1. The third-order valence-electron chi connectivity index (χ3n) is 5.31. The van der Waals surface area contributed by atoms with E-state index in [1.807, 2.05) is 44.2 Å². The predicted octanol–water partition coefficient (Wildman–Crippen LogP) is 5.24. The molecule has 0 atom stereocenters. The van der Waals surface area contributed by atoms with E-state index in [9.17, 15) is 13.6 Å². The number of rotatable bonds is 6. The number of aromatic nitrogens is 1. The van der Waals surface area contributed by atoms with Crippen LogP contribution in [0.15, 0.2) is 48.0 Å². The van der Waals surface area contributed by atoms with Gasteiger partial charge >= 0.3 is 6.61 Å². The molecule has 0 bridgehead atoms. The molecule has 3 rings (SSSR count). The van der Waals surface area contributed by atoms with Crippen LogP contribution in [-0.2, 0) is 10.2 Å². The predicted molar refractivity (Wildman–Crippen MR) is 109 cm³/mol. The van der Waals surface area contributed by atoms with Gasteiger partial charge in [0.05, 0.1) is 11.5 Å². The van der Waals surface area contributed by atoms with Crippen LogP contribution in [0.3, 0.4) is 0 Å². The largest absolute Gasteiger partial charge is 0.415 e. The number of benzene rings is 1. The molecular formula is C23H23F2N3O2. The highest BCUT2D eigenvalue weighted by molar-refractivity contribution is 6.02. The molecule has 1 aromatic heterocycles. The first-order valence-electron chi connectivity index (χ1n) is 9.67. The molecule has 1 saturated carbocycles. The summed E-state index contributed by atoms with van der Waals surface area (Å²) in [6, 6.07) is 12.8. The molecule has 1 aliphatic rings. The van der Waals surface area contributed by atoms with Gasteiger partial charge in [-0.2, -0.15) is 14.0 Å². The average molecular weight is 411 g/mol. The van der Waals surface area contributed by atoms with Crippen molar-refractivity contribution in [3.63, 3.8) is 0 Å². The van der Waals surface area contributed by atoms with Crippen LogP contribution in [0.5, 0.6) is 5.88 Å². The van der Waals surface area contributed by atoms with Crippen molar-refractivity contribution in [1.29, 1.82) is 5.26 Å². The smallest absolute Gasteiger partial charge is 0.388 e. The summed E-state index contributed by atoms with van der Waals surface area (Å²) < 4.78 is 30.1. The Balaban J connectivity index is 2.01. The van der Waals surface area contributed by atoms with Gasteiger partial charge in [0.25, 0.3) is 0 Å². The second-order valence-corrected chi connectivity index (χ2v) is 7.75. The number of halogens is 2. The van der Waals surface area contributed by atoms with Gasteiger partial charge in [-0.1, -0.05) is 43.7 Å². The van der Waals surface area contributed by atoms with E-state index in [0.29, 0.717) is 18.5 Å². The number of hydrogen-bond donors (Lipinski definition) is 1. The molecule has 0 aliphatic heterocycles. The number of ether oxygens (including phenoxy) is 1. The minimum absolute atomic E-state index is 0.0880. The van der Waals surface area contributed by atoms with Gasteiger partial charge in [-0.25, -0.2) is 4.98 Å². The number of anilines is 1. The highest BCUT2D eigenvalue weighted by atomic mass is 19.3. The molecular weight excluding hydrogens is 388 g/mol. The van der Waals surface area contributed by atoms with Crippen LogP contribution in [0.4, 0.5) is 14.5 Å². The second kappa shape index (κ2) is 8.62. The Morgan fingerprint density at radius 2 is 1.97 bits per heavy atom. The van der Waals surface area contributed by atoms with Crippen LogP contribution in [0.2, 0.25) is 0 Å². The lowest BCUT2D eigenvalue weighted by Crippen LogP contribution is -2.48. The lowest BCUT2D eigenvalue weighted by molar-refractivity contribution is -0.123. The molecule has 0 radical (unpaired) electrons. The van der Waals surface area contributed by atoms with E-state index in [2.05, 4.69) is 15.0 Å². The molecule has 2 aromatic rings. The molecule has 7 heteroatoms. The maximum atomic E-state index is 13.5. The molecule has 0 saturated heterocycles. The Hall–Kier alpha value is -3.27. The molecule has 1 aromatic carbocycles. The van der Waals surface area contributed by atoms with Gasteiger partial charge in [-0.15, -0.1) is 0 Å². The Kier molecular flexibility index (Phi) is 6.16. The first kappa shape index (κ1) is 21.4. The molecule has 1 amide bonds. The number of amides is 1. The number of nitrogens with one attached hydrogen (secondary N) is 1. The van der Waals surface area contributed by atoms with Crippen LogP contribution in [0.25, 0.3) is 0 Å². The van der Waals surface area contributed by atoms with E-state index in [0.717, 1.165) is 16.7 Å². The van der Waals surface area contributed by atoms with Crippen LogP contribution in [0.1, 0.15) is 49.4 Å². The monoisotopic (exact) mass is 411 g/mol. The van der Waals surface area contributed by atoms with E-state index in [1.165, 1.54) is 12.1 Å². The number of carbonyl (C=O) groups excluding carboxylic acids is 1. The fourth-order valence-corrected chi connectivity index (χ4v) is 3.87. The van der Waals surface area contributed by atoms with Gasteiger partial charge < -0.3 is 10.1 Å². The molecule has 156 valence electrons. The summed E-state index contributed by atoms with van der Waals surface area (Å²) in [6.07, 6.45) is 2.24. The van der Waals surface area contributed by atoms with Crippen LogP contribution < -0.4 is 10.1 Å². The zero-order valence-corrected chi connectivity index (χ0v) is 17.1. The van der Waals surface area contributed by atoms with Crippen LogP contribution in [0, 0.1) is 18.3 Å². The first-order chi connectivity index (χ1) is 14.3. The van der Waals surface area contributed by atoms with Crippen molar-refractivity contribution < 1.29 is 18.3 Å². The van der Waals surface area contributed by atoms with Crippen molar-refractivity contribution in [1.82, 2.24) is 4.98 Å². The Bertz CT molecular complexity index is 1020. The Morgan fingerprint density at radius 3 is 2.60 bits per heavy atom. The van der Waals surface area contributed by atoms with Gasteiger partial charge in [0.15, 0.2) is 0 Å². The topological polar surface area (TPSA) is 75.0 Å². The third kappa shape index (κ3) is 4.18. The van der Waals surface area contributed by atoms with Crippen molar-refractivity contribution in [2.24, 2.45) is 0 Å². The third-order valence-corrected chi connectivity index (χ3v) is 5.31. The van der Waals surface area contributed by atoms with E-state index in [4.69, 9.17) is 5.26 Å².